The van der Waals surface area contributed by atoms with E-state index >= 15 is 0 Å². The second kappa shape index (κ2) is 12.9. The Morgan fingerprint density at radius 2 is 0.681 bits per heavy atom. The van der Waals surface area contributed by atoms with Crippen LogP contribution >= 0.6 is 0 Å². The summed E-state index contributed by atoms with van der Waals surface area (Å²) in [5.41, 5.74) is 9.77. The lowest BCUT2D eigenvalue weighted by Crippen LogP contribution is -2.14. The summed E-state index contributed by atoms with van der Waals surface area (Å²) in [6, 6.07) is 58.6. The van der Waals surface area contributed by atoms with E-state index in [1.54, 1.807) is 12.1 Å². The van der Waals surface area contributed by atoms with Crippen molar-refractivity contribution in [2.24, 2.45) is 0 Å². The van der Waals surface area contributed by atoms with Crippen LogP contribution in [0.3, 0.4) is 0 Å². The smallest absolute Gasteiger partial charge is 0.309 e. The van der Waals surface area contributed by atoms with E-state index in [4.69, 9.17) is 0 Å². The van der Waals surface area contributed by atoms with Crippen molar-refractivity contribution >= 4 is 17.1 Å². The van der Waals surface area contributed by atoms with Crippen LogP contribution in [0.2, 0.25) is 0 Å². The number of hydrogen-bond donors (Lipinski definition) is 0. The first kappa shape index (κ1) is 29.8. The number of hydrogen-bond acceptors (Lipinski definition) is 1. The number of benzene rings is 7. The number of anilines is 3. The van der Waals surface area contributed by atoms with E-state index in [0.717, 1.165) is 68.0 Å². The number of rotatable bonds is 7. The fraction of sp³-hybridized carbons (Fsp3) is 0.0233. The highest BCUT2D eigenvalue weighted by Gasteiger charge is 2.31. The molecule has 4 heteroatoms. The van der Waals surface area contributed by atoms with Crippen molar-refractivity contribution in [3.8, 4) is 44.5 Å². The molecule has 0 bridgehead atoms. The first-order chi connectivity index (χ1) is 23.0. The molecule has 228 valence electrons. The van der Waals surface area contributed by atoms with Gasteiger partial charge in [0, 0.05) is 22.5 Å². The molecule has 0 amide bonds. The second-order valence-electron chi connectivity index (χ2n) is 11.3. The van der Waals surface area contributed by atoms with Gasteiger partial charge < -0.3 is 4.90 Å². The van der Waals surface area contributed by atoms with Crippen LogP contribution < -0.4 is 4.90 Å². The molecule has 7 aromatic carbocycles. The predicted molar refractivity (Wildman–Crippen MR) is 188 cm³/mol. The van der Waals surface area contributed by atoms with E-state index in [0.29, 0.717) is 5.69 Å². The summed E-state index contributed by atoms with van der Waals surface area (Å²) < 4.78 is 41.2. The third kappa shape index (κ3) is 6.31. The highest BCUT2D eigenvalue weighted by molar-refractivity contribution is 6.00. The number of alkyl halides is 3. The minimum absolute atomic E-state index is 0.618. The van der Waals surface area contributed by atoms with Gasteiger partial charge in [-0.25, -0.2) is 0 Å². The van der Waals surface area contributed by atoms with Gasteiger partial charge in [0.15, 0.2) is 0 Å². The van der Waals surface area contributed by atoms with Crippen LogP contribution in [0.5, 0.6) is 0 Å². The minimum Gasteiger partial charge on any atom is -0.309 e. The van der Waals surface area contributed by atoms with Gasteiger partial charge in [-0.2, -0.15) is 13.2 Å². The van der Waals surface area contributed by atoms with E-state index in [9.17, 15) is 13.2 Å². The van der Waals surface area contributed by atoms with Crippen molar-refractivity contribution in [1.82, 2.24) is 0 Å². The summed E-state index contributed by atoms with van der Waals surface area (Å²) in [6.07, 6.45) is -4.44. The molecule has 0 fully saturated rings. The zero-order chi connectivity index (χ0) is 32.2. The SMILES string of the molecule is FC(F)(F)c1ccc(N(c2ccc(-c3ccccc3)cc2)c2c(-c3ccccc3)cc(-c3ccccc3)cc2-c2ccccc2)cc1. The lowest BCUT2D eigenvalue weighted by atomic mass is 9.89. The van der Waals surface area contributed by atoms with Gasteiger partial charge in [0.1, 0.15) is 0 Å². The lowest BCUT2D eigenvalue weighted by Gasteiger charge is -2.31. The van der Waals surface area contributed by atoms with Crippen LogP contribution in [0, 0.1) is 0 Å². The molecule has 0 aliphatic rings. The van der Waals surface area contributed by atoms with Gasteiger partial charge in [-0.05, 0) is 81.9 Å². The molecule has 7 aromatic rings. The molecule has 0 heterocycles. The maximum Gasteiger partial charge on any atom is 0.416 e. The summed E-state index contributed by atoms with van der Waals surface area (Å²) >= 11 is 0. The molecule has 0 aliphatic heterocycles. The molecule has 1 nitrogen and oxygen atoms in total. The molecule has 0 radical (unpaired) electrons. The van der Waals surface area contributed by atoms with Crippen LogP contribution in [0.4, 0.5) is 30.2 Å². The summed E-state index contributed by atoms with van der Waals surface area (Å²) in [6.45, 7) is 0. The van der Waals surface area contributed by atoms with Crippen molar-refractivity contribution in [2.75, 3.05) is 4.90 Å². The van der Waals surface area contributed by atoms with Gasteiger partial charge in [-0.15, -0.1) is 0 Å². The van der Waals surface area contributed by atoms with Gasteiger partial charge in [0.25, 0.3) is 0 Å². The highest BCUT2D eigenvalue weighted by atomic mass is 19.4. The lowest BCUT2D eigenvalue weighted by molar-refractivity contribution is -0.137. The molecule has 0 N–H and O–H groups in total. The Hall–Kier alpha value is -5.87. The average Bonchev–Trinajstić information content (AvgIpc) is 3.13. The van der Waals surface area contributed by atoms with E-state index in [2.05, 4.69) is 77.7 Å². The maximum absolute atomic E-state index is 13.7. The zero-order valence-electron chi connectivity index (χ0n) is 25.4. The molecular formula is C43H30F3N. The molecule has 0 atom stereocenters. The Balaban J connectivity index is 1.53. The van der Waals surface area contributed by atoms with Gasteiger partial charge in [0.2, 0.25) is 0 Å². The van der Waals surface area contributed by atoms with E-state index < -0.39 is 11.7 Å². The summed E-state index contributed by atoms with van der Waals surface area (Å²) in [5, 5.41) is 0. The molecule has 7 rings (SSSR count). The quantitative estimate of drug-likeness (QED) is 0.172. The van der Waals surface area contributed by atoms with Crippen molar-refractivity contribution < 1.29 is 13.2 Å². The van der Waals surface area contributed by atoms with Gasteiger partial charge in [-0.1, -0.05) is 133 Å². The first-order valence-electron chi connectivity index (χ1n) is 15.4. The van der Waals surface area contributed by atoms with Crippen LogP contribution in [-0.4, -0.2) is 0 Å². The van der Waals surface area contributed by atoms with Gasteiger partial charge >= 0.3 is 6.18 Å². The normalized spacial score (nSPS) is 11.3. The molecule has 47 heavy (non-hydrogen) atoms. The molecule has 0 aliphatic carbocycles. The molecule has 0 spiro atoms. The third-order valence-corrected chi connectivity index (χ3v) is 8.30. The van der Waals surface area contributed by atoms with Crippen LogP contribution in [0.25, 0.3) is 44.5 Å². The number of halogens is 3. The molecule has 0 saturated heterocycles. The van der Waals surface area contributed by atoms with Crippen LogP contribution in [-0.2, 0) is 6.18 Å². The van der Waals surface area contributed by atoms with Crippen LogP contribution in [0.15, 0.2) is 182 Å². The summed E-state index contributed by atoms with van der Waals surface area (Å²) in [4.78, 5) is 2.08. The molecular weight excluding hydrogens is 587 g/mol. The first-order valence-corrected chi connectivity index (χ1v) is 15.4. The zero-order valence-corrected chi connectivity index (χ0v) is 25.4. The largest absolute Gasteiger partial charge is 0.416 e. The Bertz CT molecular complexity index is 2010. The second-order valence-corrected chi connectivity index (χ2v) is 11.3. The number of nitrogens with zero attached hydrogens (tertiary/aromatic N) is 1. The maximum atomic E-state index is 13.7. The van der Waals surface area contributed by atoms with Crippen molar-refractivity contribution in [2.45, 2.75) is 6.18 Å². The monoisotopic (exact) mass is 617 g/mol. The van der Waals surface area contributed by atoms with Gasteiger partial charge in [0.05, 0.1) is 11.3 Å². The standard InChI is InChI=1S/C43H30F3N/c44-43(45,46)37-23-27-39(28-24-37)47(38-25-21-33(22-26-38)31-13-5-1-6-14-31)42-40(34-17-9-3-10-18-34)29-36(32-15-7-2-8-16-32)30-41(42)35-19-11-4-12-20-35/h1-30H. The Labute approximate surface area is 272 Å². The summed E-state index contributed by atoms with van der Waals surface area (Å²) in [5.74, 6) is 0. The average molecular weight is 618 g/mol. The highest BCUT2D eigenvalue weighted by Crippen LogP contribution is 2.49. The Kier molecular flexibility index (Phi) is 8.16. The molecule has 0 saturated carbocycles. The Morgan fingerprint density at radius 1 is 0.340 bits per heavy atom. The summed E-state index contributed by atoms with van der Waals surface area (Å²) in [7, 11) is 0. The fourth-order valence-electron chi connectivity index (χ4n) is 5.99. The van der Waals surface area contributed by atoms with E-state index in [1.165, 1.54) is 0 Å². The van der Waals surface area contributed by atoms with E-state index in [-0.39, 0.29) is 0 Å². The van der Waals surface area contributed by atoms with Crippen molar-refractivity contribution in [1.29, 1.82) is 0 Å². The van der Waals surface area contributed by atoms with E-state index in [1.807, 2.05) is 84.9 Å². The van der Waals surface area contributed by atoms with Crippen molar-refractivity contribution in [3.05, 3.63) is 188 Å². The fourth-order valence-corrected chi connectivity index (χ4v) is 5.99. The predicted octanol–water partition coefficient (Wildman–Crippen LogP) is 12.8. The minimum atomic E-state index is -4.44. The molecule has 0 unspecified atom stereocenters. The van der Waals surface area contributed by atoms with Crippen LogP contribution in [0.1, 0.15) is 5.56 Å². The topological polar surface area (TPSA) is 3.24 Å². The third-order valence-electron chi connectivity index (χ3n) is 8.30. The Morgan fingerprint density at radius 3 is 1.09 bits per heavy atom. The van der Waals surface area contributed by atoms with Gasteiger partial charge in [-0.3, -0.25) is 0 Å². The van der Waals surface area contributed by atoms with Crippen molar-refractivity contribution in [3.63, 3.8) is 0 Å². The molecule has 0 aromatic heterocycles.